The number of rotatable bonds is 2. The van der Waals surface area contributed by atoms with Gasteiger partial charge in [0, 0.05) is 6.42 Å². The van der Waals surface area contributed by atoms with Crippen molar-refractivity contribution in [3.63, 3.8) is 0 Å². The van der Waals surface area contributed by atoms with Gasteiger partial charge >= 0.3 is 0 Å². The summed E-state index contributed by atoms with van der Waals surface area (Å²) in [5.41, 5.74) is 1.50. The number of allylic oxidation sites excluding steroid dienone is 2. The molecule has 0 aromatic heterocycles. The second-order valence-electron chi connectivity index (χ2n) is 10.1. The van der Waals surface area contributed by atoms with Crippen molar-refractivity contribution in [2.24, 2.45) is 52.3 Å². The molecule has 138 valence electrons. The van der Waals surface area contributed by atoms with Crippen molar-refractivity contribution in [2.45, 2.75) is 58.8 Å². The second kappa shape index (κ2) is 5.34. The number of hydrogen-bond acceptors (Lipinski definition) is 2. The normalized spacial score (nSPS) is 54.1. The summed E-state index contributed by atoms with van der Waals surface area (Å²) in [5.74, 6) is 4.93. The minimum absolute atomic E-state index is 0.133. The Hall–Kier alpha value is -1.36. The Morgan fingerprint density at radius 2 is 2.19 bits per heavy atom. The summed E-state index contributed by atoms with van der Waals surface area (Å²) in [6.07, 6.45) is 11.9. The minimum Gasteiger partial charge on any atom is -0.295 e. The van der Waals surface area contributed by atoms with E-state index in [1.165, 1.54) is 24.8 Å². The molecule has 1 unspecified atom stereocenters. The monoisotopic (exact) mass is 349 g/mol. The van der Waals surface area contributed by atoms with Crippen molar-refractivity contribution >= 4 is 5.78 Å². The van der Waals surface area contributed by atoms with Crippen LogP contribution in [-0.4, -0.2) is 5.78 Å². The SMILES string of the molecule is C=C[C@H]1CC2=CC(=O)CC[C@@H]2[C@H]2CC[C@@]3(CC)[C@@H]([C@@H]4C[C@@H]4C3(C)C#N)[C@@H]21. The van der Waals surface area contributed by atoms with Gasteiger partial charge in [0.25, 0.3) is 0 Å². The molecule has 0 aromatic carbocycles. The first kappa shape index (κ1) is 16.8. The standard InChI is InChI=1S/C24H31NO/c1-4-14-10-15-11-16(26)6-7-17(15)18-8-9-24(5-2)22(21(14)18)19-12-20(19)23(24,3)13-25/h4,11,14,17-22H,1,5-10,12H2,2-3H3/t14-,17-,18+,19+,20-,21+,22-,23?,24-/m0/s1. The number of fused-ring (bicyclic) bond motifs is 7. The molecule has 0 spiro atoms. The summed E-state index contributed by atoms with van der Waals surface area (Å²) in [7, 11) is 0. The van der Waals surface area contributed by atoms with Crippen LogP contribution in [0.1, 0.15) is 58.8 Å². The van der Waals surface area contributed by atoms with Gasteiger partial charge in [-0.3, -0.25) is 4.79 Å². The van der Waals surface area contributed by atoms with Crippen molar-refractivity contribution in [3.05, 3.63) is 24.3 Å². The Bertz CT molecular complexity index is 744. The summed E-state index contributed by atoms with van der Waals surface area (Å²) >= 11 is 0. The number of hydrogen-bond donors (Lipinski definition) is 0. The molecule has 5 aliphatic carbocycles. The van der Waals surface area contributed by atoms with Gasteiger partial charge in [0.1, 0.15) is 0 Å². The molecular formula is C24H31NO. The Kier molecular flexibility index (Phi) is 3.45. The van der Waals surface area contributed by atoms with Crippen LogP contribution in [0.2, 0.25) is 0 Å². The van der Waals surface area contributed by atoms with Crippen LogP contribution < -0.4 is 0 Å². The highest BCUT2D eigenvalue weighted by atomic mass is 16.1. The molecule has 26 heavy (non-hydrogen) atoms. The van der Waals surface area contributed by atoms with Gasteiger partial charge in [-0.1, -0.05) is 18.6 Å². The fraction of sp³-hybridized carbons (Fsp3) is 0.750. The van der Waals surface area contributed by atoms with Crippen LogP contribution in [0.25, 0.3) is 0 Å². The van der Waals surface area contributed by atoms with Gasteiger partial charge in [-0.15, -0.1) is 6.58 Å². The number of carbonyl (C=O) groups excluding carboxylic acids is 1. The predicted molar refractivity (Wildman–Crippen MR) is 102 cm³/mol. The quantitative estimate of drug-likeness (QED) is 0.633. The van der Waals surface area contributed by atoms with Crippen molar-refractivity contribution in [3.8, 4) is 6.07 Å². The molecule has 0 aliphatic heterocycles. The number of carbonyl (C=O) groups is 1. The number of ketones is 1. The van der Waals surface area contributed by atoms with E-state index in [-0.39, 0.29) is 10.8 Å². The van der Waals surface area contributed by atoms with E-state index in [1.54, 1.807) is 0 Å². The molecule has 5 aliphatic rings. The molecule has 4 saturated carbocycles. The fourth-order valence-electron chi connectivity index (χ4n) is 8.61. The van der Waals surface area contributed by atoms with E-state index in [9.17, 15) is 10.1 Å². The third-order valence-corrected chi connectivity index (χ3v) is 9.72. The lowest BCUT2D eigenvalue weighted by molar-refractivity contribution is -0.117. The van der Waals surface area contributed by atoms with Gasteiger partial charge in [0.2, 0.25) is 0 Å². The Balaban J connectivity index is 1.60. The maximum atomic E-state index is 12.0. The molecule has 0 amide bonds. The van der Waals surface area contributed by atoms with E-state index >= 15 is 0 Å². The summed E-state index contributed by atoms with van der Waals surface area (Å²) in [6.45, 7) is 8.84. The van der Waals surface area contributed by atoms with Crippen LogP contribution in [0.3, 0.4) is 0 Å². The van der Waals surface area contributed by atoms with Crippen molar-refractivity contribution in [1.29, 1.82) is 5.26 Å². The zero-order valence-electron chi connectivity index (χ0n) is 16.2. The van der Waals surface area contributed by atoms with Crippen LogP contribution in [0, 0.1) is 63.6 Å². The van der Waals surface area contributed by atoms with Crippen molar-refractivity contribution in [1.82, 2.24) is 0 Å². The maximum absolute atomic E-state index is 12.0. The van der Waals surface area contributed by atoms with Gasteiger partial charge in [0.15, 0.2) is 5.78 Å². The van der Waals surface area contributed by atoms with E-state index in [1.807, 2.05) is 6.08 Å². The fourth-order valence-corrected chi connectivity index (χ4v) is 8.61. The average molecular weight is 350 g/mol. The van der Waals surface area contributed by atoms with Crippen molar-refractivity contribution < 1.29 is 4.79 Å². The van der Waals surface area contributed by atoms with Crippen LogP contribution >= 0.6 is 0 Å². The van der Waals surface area contributed by atoms with Crippen LogP contribution in [0.15, 0.2) is 24.3 Å². The van der Waals surface area contributed by atoms with Crippen LogP contribution in [-0.2, 0) is 4.79 Å². The van der Waals surface area contributed by atoms with E-state index < -0.39 is 0 Å². The van der Waals surface area contributed by atoms with E-state index in [0.717, 1.165) is 31.6 Å². The molecular weight excluding hydrogens is 318 g/mol. The number of nitriles is 1. The van der Waals surface area contributed by atoms with Crippen LogP contribution in [0.5, 0.6) is 0 Å². The first-order valence-corrected chi connectivity index (χ1v) is 10.8. The summed E-state index contributed by atoms with van der Waals surface area (Å²) in [4.78, 5) is 12.0. The lowest BCUT2D eigenvalue weighted by Crippen LogP contribution is -2.54. The zero-order valence-corrected chi connectivity index (χ0v) is 16.2. The highest BCUT2D eigenvalue weighted by Gasteiger charge is 2.76. The smallest absolute Gasteiger partial charge is 0.155 e. The molecule has 0 N–H and O–H groups in total. The molecule has 0 heterocycles. The van der Waals surface area contributed by atoms with Gasteiger partial charge < -0.3 is 0 Å². The molecule has 2 heteroatoms. The highest BCUT2D eigenvalue weighted by molar-refractivity contribution is 5.91. The first-order chi connectivity index (χ1) is 12.5. The number of nitrogens with zero attached hydrogens (tertiary/aromatic N) is 1. The van der Waals surface area contributed by atoms with E-state index in [0.29, 0.717) is 41.3 Å². The van der Waals surface area contributed by atoms with Crippen LogP contribution in [0.4, 0.5) is 0 Å². The maximum Gasteiger partial charge on any atom is 0.155 e. The highest BCUT2D eigenvalue weighted by Crippen LogP contribution is 2.80. The molecule has 2 nitrogen and oxygen atoms in total. The van der Waals surface area contributed by atoms with E-state index in [2.05, 4.69) is 32.6 Å². The average Bonchev–Trinajstić information content (AvgIpc) is 3.42. The van der Waals surface area contributed by atoms with Gasteiger partial charge in [0.05, 0.1) is 11.5 Å². The van der Waals surface area contributed by atoms with Gasteiger partial charge in [-0.25, -0.2) is 0 Å². The predicted octanol–water partition coefficient (Wildman–Crippen LogP) is 5.32. The molecule has 5 rings (SSSR count). The molecule has 0 bridgehead atoms. The molecule has 0 aromatic rings. The molecule has 0 saturated heterocycles. The molecule has 4 fully saturated rings. The van der Waals surface area contributed by atoms with E-state index in [4.69, 9.17) is 0 Å². The molecule has 0 radical (unpaired) electrons. The zero-order chi connectivity index (χ0) is 18.3. The largest absolute Gasteiger partial charge is 0.295 e. The first-order valence-electron chi connectivity index (χ1n) is 10.8. The minimum atomic E-state index is -0.133. The lowest BCUT2D eigenvalue weighted by Gasteiger charge is -2.59. The second-order valence-corrected chi connectivity index (χ2v) is 10.1. The summed E-state index contributed by atoms with van der Waals surface area (Å²) in [5, 5.41) is 10.2. The third-order valence-electron chi connectivity index (χ3n) is 9.72. The Morgan fingerprint density at radius 3 is 2.88 bits per heavy atom. The summed E-state index contributed by atoms with van der Waals surface area (Å²) in [6, 6.07) is 2.83. The van der Waals surface area contributed by atoms with Crippen molar-refractivity contribution in [2.75, 3.05) is 0 Å². The van der Waals surface area contributed by atoms with Gasteiger partial charge in [-0.2, -0.15) is 5.26 Å². The Labute approximate surface area is 157 Å². The topological polar surface area (TPSA) is 40.9 Å². The Morgan fingerprint density at radius 1 is 1.38 bits per heavy atom. The lowest BCUT2D eigenvalue weighted by atomic mass is 9.44. The summed E-state index contributed by atoms with van der Waals surface area (Å²) < 4.78 is 0. The third kappa shape index (κ3) is 1.81. The molecule has 9 atom stereocenters. The van der Waals surface area contributed by atoms with Gasteiger partial charge in [-0.05, 0) is 98.4 Å².